The lowest BCUT2D eigenvalue weighted by Crippen LogP contribution is -2.06. The maximum atomic E-state index is 3.14. The fraction of sp³-hybridized carbons (Fsp3) is 1.00. The highest BCUT2D eigenvalue weighted by Gasteiger charge is 2.17. The average Bonchev–Trinajstić information content (AvgIpc) is 2.12. The molecular formula is C4H9N. The average molecular weight is 72.1 g/mol. The molecule has 1 saturated carbocycles. The van der Waals surface area contributed by atoms with Crippen molar-refractivity contribution < 1.29 is 0 Å². The fourth-order valence-corrected chi connectivity index (χ4v) is 0.372. The van der Waals surface area contributed by atoms with Gasteiger partial charge in [-0.3, -0.25) is 0 Å². The summed E-state index contributed by atoms with van der Waals surface area (Å²) in [6.07, 6.45) is 2.80. The van der Waals surface area contributed by atoms with Crippen molar-refractivity contribution in [3.8, 4) is 0 Å². The van der Waals surface area contributed by atoms with Crippen molar-refractivity contribution in [3.63, 3.8) is 0 Å². The molecule has 1 aliphatic rings. The zero-order chi connectivity index (χ0) is 3.70. The first kappa shape index (κ1) is 3.16. The molecule has 0 unspecified atom stereocenters. The number of hydrogen-bond acceptors (Lipinski definition) is 1. The van der Waals surface area contributed by atoms with Crippen LogP contribution >= 0.6 is 0 Å². The van der Waals surface area contributed by atoms with E-state index >= 15 is 0 Å². The Morgan fingerprint density at radius 1 is 1.60 bits per heavy atom. The van der Waals surface area contributed by atoms with Crippen LogP contribution < -0.4 is 5.32 Å². The zero-order valence-corrected chi connectivity index (χ0v) is 3.49. The molecule has 0 aromatic rings. The predicted molar refractivity (Wildman–Crippen MR) is 22.1 cm³/mol. The summed E-state index contributed by atoms with van der Waals surface area (Å²) in [5.74, 6) is 0. The third-order valence-electron chi connectivity index (χ3n) is 0.986. The first-order chi connectivity index (χ1) is 2.43. The van der Waals surface area contributed by atoms with Crippen molar-refractivity contribution in [2.24, 2.45) is 0 Å². The smallest absolute Gasteiger partial charge is 0.00652 e. The van der Waals surface area contributed by atoms with Gasteiger partial charge in [-0.15, -0.1) is 0 Å². The number of rotatable bonds is 1. The Labute approximate surface area is 32.4 Å². The van der Waals surface area contributed by atoms with Gasteiger partial charge in [-0.2, -0.15) is 0 Å². The van der Waals surface area contributed by atoms with Crippen LogP contribution in [0.3, 0.4) is 0 Å². The lowest BCUT2D eigenvalue weighted by Gasteiger charge is -1.80. The normalized spacial score (nSPS) is 23.4. The van der Waals surface area contributed by atoms with Crippen molar-refractivity contribution in [2.45, 2.75) is 18.9 Å². The van der Waals surface area contributed by atoms with E-state index in [9.17, 15) is 0 Å². The second kappa shape index (κ2) is 0.977. The van der Waals surface area contributed by atoms with Gasteiger partial charge in [-0.1, -0.05) is 0 Å². The van der Waals surface area contributed by atoms with Gasteiger partial charge in [-0.05, 0) is 19.9 Å². The molecule has 0 aromatic carbocycles. The van der Waals surface area contributed by atoms with Crippen LogP contribution in [0.25, 0.3) is 0 Å². The molecule has 0 spiro atoms. The van der Waals surface area contributed by atoms with Crippen LogP contribution in [0.5, 0.6) is 0 Å². The molecule has 0 radical (unpaired) electrons. The van der Waals surface area contributed by atoms with Gasteiger partial charge in [0.1, 0.15) is 0 Å². The van der Waals surface area contributed by atoms with E-state index in [0.717, 1.165) is 6.04 Å². The summed E-state index contributed by atoms with van der Waals surface area (Å²) >= 11 is 0. The molecule has 5 heavy (non-hydrogen) atoms. The third-order valence-corrected chi connectivity index (χ3v) is 0.986. The molecular weight excluding hydrogens is 63.0 g/mol. The minimum atomic E-state index is 0.884. The summed E-state index contributed by atoms with van der Waals surface area (Å²) in [6.45, 7) is 0. The van der Waals surface area contributed by atoms with E-state index in [1.807, 2.05) is 7.05 Å². The second-order valence-electron chi connectivity index (χ2n) is 1.56. The quantitative estimate of drug-likeness (QED) is 0.441. The van der Waals surface area contributed by atoms with Crippen LogP contribution in [0.4, 0.5) is 0 Å². The lowest BCUT2D eigenvalue weighted by atomic mass is 11.0. The van der Waals surface area contributed by atoms with Crippen molar-refractivity contribution in [3.05, 3.63) is 0 Å². The van der Waals surface area contributed by atoms with E-state index in [4.69, 9.17) is 0 Å². The summed E-state index contributed by atoms with van der Waals surface area (Å²) in [4.78, 5) is 0. The molecule has 0 aliphatic heterocycles. The maximum Gasteiger partial charge on any atom is 0.00652 e. The van der Waals surface area contributed by atoms with E-state index in [2.05, 4.69) is 5.32 Å². The minimum Gasteiger partial charge on any atom is -0.317 e. The minimum absolute atomic E-state index is 0.884. The SMILES string of the molecule is CN[13CH]1CC1. The molecule has 30 valence electrons. The van der Waals surface area contributed by atoms with Gasteiger partial charge in [0.15, 0.2) is 0 Å². The summed E-state index contributed by atoms with van der Waals surface area (Å²) in [5.41, 5.74) is 0. The summed E-state index contributed by atoms with van der Waals surface area (Å²) in [5, 5.41) is 3.14. The van der Waals surface area contributed by atoms with Gasteiger partial charge in [0.2, 0.25) is 0 Å². The van der Waals surface area contributed by atoms with Crippen molar-refractivity contribution in [1.29, 1.82) is 0 Å². The molecule has 1 rings (SSSR count). The molecule has 1 heteroatoms. The number of nitrogens with one attached hydrogen (secondary N) is 1. The Bertz CT molecular complexity index is 30.6. The maximum absolute atomic E-state index is 3.14. The lowest BCUT2D eigenvalue weighted by molar-refractivity contribution is 0.811. The highest BCUT2D eigenvalue weighted by molar-refractivity contribution is 4.78. The van der Waals surface area contributed by atoms with Crippen LogP contribution in [0.2, 0.25) is 0 Å². The van der Waals surface area contributed by atoms with Crippen LogP contribution in [-0.4, -0.2) is 13.1 Å². The van der Waals surface area contributed by atoms with Gasteiger partial charge >= 0.3 is 0 Å². The highest BCUT2D eigenvalue weighted by Crippen LogP contribution is 2.16. The third kappa shape index (κ3) is 0.618. The van der Waals surface area contributed by atoms with E-state index < -0.39 is 0 Å². The van der Waals surface area contributed by atoms with Crippen molar-refractivity contribution >= 4 is 0 Å². The Hall–Kier alpha value is -0.0400. The van der Waals surface area contributed by atoms with Crippen LogP contribution in [-0.2, 0) is 0 Å². The summed E-state index contributed by atoms with van der Waals surface area (Å²) in [7, 11) is 2.01. The van der Waals surface area contributed by atoms with Gasteiger partial charge in [0.05, 0.1) is 0 Å². The summed E-state index contributed by atoms with van der Waals surface area (Å²) < 4.78 is 0. The number of hydrogen-bond donors (Lipinski definition) is 1. The van der Waals surface area contributed by atoms with Crippen LogP contribution in [0, 0.1) is 0 Å². The Kier molecular flexibility index (Phi) is 0.618. The standard InChI is InChI=1S/C4H9N/c1-5-4-2-3-4/h4-5H,2-3H2,1H3/i4+1. The highest BCUT2D eigenvalue weighted by atomic mass is 15.2. The van der Waals surface area contributed by atoms with E-state index in [-0.39, 0.29) is 0 Å². The molecule has 0 amide bonds. The monoisotopic (exact) mass is 72.1 g/mol. The first-order valence-electron chi connectivity index (χ1n) is 2.11. The molecule has 0 aromatic heterocycles. The van der Waals surface area contributed by atoms with Gasteiger partial charge in [0, 0.05) is 6.04 Å². The van der Waals surface area contributed by atoms with E-state index in [0.29, 0.717) is 0 Å². The zero-order valence-electron chi connectivity index (χ0n) is 3.49. The van der Waals surface area contributed by atoms with E-state index in [1.165, 1.54) is 12.8 Å². The summed E-state index contributed by atoms with van der Waals surface area (Å²) in [6, 6.07) is 0.884. The molecule has 1 nitrogen and oxygen atoms in total. The van der Waals surface area contributed by atoms with Crippen LogP contribution in [0.15, 0.2) is 0 Å². The van der Waals surface area contributed by atoms with Crippen molar-refractivity contribution in [1.82, 2.24) is 5.32 Å². The van der Waals surface area contributed by atoms with Gasteiger partial charge < -0.3 is 5.32 Å². The topological polar surface area (TPSA) is 12.0 Å². The molecule has 1 fully saturated rings. The van der Waals surface area contributed by atoms with Gasteiger partial charge in [0.25, 0.3) is 0 Å². The molecule has 0 saturated heterocycles. The largest absolute Gasteiger partial charge is 0.317 e. The van der Waals surface area contributed by atoms with Crippen molar-refractivity contribution in [2.75, 3.05) is 7.05 Å². The fourth-order valence-electron chi connectivity index (χ4n) is 0.372. The Morgan fingerprint density at radius 3 is 2.20 bits per heavy atom. The second-order valence-corrected chi connectivity index (χ2v) is 1.56. The Balaban J connectivity index is 2.00. The van der Waals surface area contributed by atoms with E-state index in [1.54, 1.807) is 0 Å². The predicted octanol–water partition coefficient (Wildman–Crippen LogP) is 0.368. The molecule has 1 N–H and O–H groups in total. The molecule has 0 bridgehead atoms. The molecule has 1 aliphatic carbocycles. The molecule has 0 heterocycles. The van der Waals surface area contributed by atoms with Crippen LogP contribution in [0.1, 0.15) is 12.8 Å². The first-order valence-corrected chi connectivity index (χ1v) is 2.11. The van der Waals surface area contributed by atoms with Gasteiger partial charge in [-0.25, -0.2) is 0 Å². The Morgan fingerprint density at radius 2 is 2.20 bits per heavy atom. The molecule has 0 atom stereocenters.